The molecule has 3 N–H and O–H groups in total. The summed E-state index contributed by atoms with van der Waals surface area (Å²) in [5, 5.41) is 13.6. The van der Waals surface area contributed by atoms with E-state index in [1.807, 2.05) is 6.92 Å². The van der Waals surface area contributed by atoms with Crippen LogP contribution in [0, 0.1) is 10.1 Å². The Morgan fingerprint density at radius 3 is 2.80 bits per heavy atom. The maximum absolute atomic E-state index is 11.6. The predicted molar refractivity (Wildman–Crippen MR) is 77.1 cm³/mol. The van der Waals surface area contributed by atoms with E-state index in [1.54, 1.807) is 24.1 Å². The number of hydrogen-bond donors (Lipinski definition) is 2. The molecule has 0 atom stereocenters. The van der Waals surface area contributed by atoms with Gasteiger partial charge in [0.2, 0.25) is 5.91 Å². The van der Waals surface area contributed by atoms with Gasteiger partial charge in [-0.2, -0.15) is 0 Å². The Labute approximate surface area is 117 Å². The molecule has 0 saturated carbocycles. The Morgan fingerprint density at radius 2 is 2.20 bits per heavy atom. The lowest BCUT2D eigenvalue weighted by atomic mass is 10.1. The van der Waals surface area contributed by atoms with Gasteiger partial charge in [-0.25, -0.2) is 0 Å². The van der Waals surface area contributed by atoms with Crippen molar-refractivity contribution in [3.63, 3.8) is 0 Å². The van der Waals surface area contributed by atoms with Crippen LogP contribution >= 0.6 is 0 Å². The second kappa shape index (κ2) is 7.44. The van der Waals surface area contributed by atoms with Crippen LogP contribution in [0.3, 0.4) is 0 Å². The number of carbonyl (C=O) groups is 1. The normalized spacial score (nSPS) is 10.6. The minimum absolute atomic E-state index is 0.0710. The molecule has 0 aliphatic heterocycles. The van der Waals surface area contributed by atoms with Gasteiger partial charge in [0.15, 0.2) is 0 Å². The number of nitrogens with zero attached hydrogens (tertiary/aromatic N) is 2. The number of nitrogens with one attached hydrogen (secondary N) is 1. The lowest BCUT2D eigenvalue weighted by molar-refractivity contribution is -0.384. The van der Waals surface area contributed by atoms with Crippen molar-refractivity contribution in [2.75, 3.05) is 25.9 Å². The molecule has 0 saturated heterocycles. The zero-order chi connectivity index (χ0) is 15.1. The molecule has 1 amide bonds. The summed E-state index contributed by atoms with van der Waals surface area (Å²) in [6, 6.07) is 4.68. The molecule has 0 radical (unpaired) electrons. The molecule has 7 heteroatoms. The molecule has 1 aromatic rings. The molecule has 0 unspecified atom stereocenters. The number of hydrogen-bond acceptors (Lipinski definition) is 5. The fraction of sp³-hybridized carbons (Fsp3) is 0.462. The number of nitrogen functional groups attached to an aromatic ring is 1. The average Bonchev–Trinajstić information content (AvgIpc) is 2.38. The number of amides is 1. The van der Waals surface area contributed by atoms with Crippen LogP contribution < -0.4 is 11.1 Å². The summed E-state index contributed by atoms with van der Waals surface area (Å²) in [5.74, 6) is -0.0710. The summed E-state index contributed by atoms with van der Waals surface area (Å²) in [6.07, 6.45) is 0.882. The Kier molecular flexibility index (Phi) is 5.92. The van der Waals surface area contributed by atoms with Gasteiger partial charge in [0.25, 0.3) is 5.69 Å². The van der Waals surface area contributed by atoms with Gasteiger partial charge in [-0.3, -0.25) is 19.8 Å². The molecule has 0 spiro atoms. The summed E-state index contributed by atoms with van der Waals surface area (Å²) >= 11 is 0. The van der Waals surface area contributed by atoms with Gasteiger partial charge in [-0.05, 0) is 19.0 Å². The number of rotatable bonds is 7. The van der Waals surface area contributed by atoms with Gasteiger partial charge in [-0.15, -0.1) is 0 Å². The molecule has 0 fully saturated rings. The van der Waals surface area contributed by atoms with Gasteiger partial charge >= 0.3 is 0 Å². The highest BCUT2D eigenvalue weighted by Gasteiger charge is 2.15. The molecule has 0 heterocycles. The van der Waals surface area contributed by atoms with Crippen molar-refractivity contribution in [3.8, 4) is 0 Å². The van der Waals surface area contributed by atoms with E-state index in [2.05, 4.69) is 5.32 Å². The second-order valence-corrected chi connectivity index (χ2v) is 4.63. The second-order valence-electron chi connectivity index (χ2n) is 4.63. The fourth-order valence-corrected chi connectivity index (χ4v) is 1.81. The zero-order valence-corrected chi connectivity index (χ0v) is 11.8. The van der Waals surface area contributed by atoms with Crippen molar-refractivity contribution in [3.05, 3.63) is 33.9 Å². The Morgan fingerprint density at radius 1 is 1.50 bits per heavy atom. The molecule has 1 rings (SSSR count). The third-order valence-corrected chi connectivity index (χ3v) is 2.80. The summed E-state index contributed by atoms with van der Waals surface area (Å²) in [4.78, 5) is 23.6. The van der Waals surface area contributed by atoms with Gasteiger partial charge in [0.05, 0.1) is 11.5 Å². The Balaban J connectivity index is 2.66. The Hall–Kier alpha value is -2.15. The Bertz CT molecular complexity index is 491. The standard InChI is InChI=1S/C13H20N4O3/c1-3-7-15-12(18)9-16(2)8-10-5-4-6-11(13(10)14)17(19)20/h4-6H,3,7-9,14H2,1-2H3,(H,15,18). The van der Waals surface area contributed by atoms with E-state index in [4.69, 9.17) is 5.73 Å². The predicted octanol–water partition coefficient (Wildman–Crippen LogP) is 1.13. The van der Waals surface area contributed by atoms with E-state index in [-0.39, 0.29) is 23.8 Å². The molecule has 0 aliphatic carbocycles. The van der Waals surface area contributed by atoms with Crippen LogP contribution in [0.1, 0.15) is 18.9 Å². The maximum atomic E-state index is 11.6. The first kappa shape index (κ1) is 15.9. The largest absolute Gasteiger partial charge is 0.393 e. The van der Waals surface area contributed by atoms with E-state index in [9.17, 15) is 14.9 Å². The van der Waals surface area contributed by atoms with Crippen LogP contribution in [0.25, 0.3) is 0 Å². The van der Waals surface area contributed by atoms with Crippen molar-refractivity contribution >= 4 is 17.3 Å². The number of carbonyl (C=O) groups excluding carboxylic acids is 1. The molecule has 110 valence electrons. The van der Waals surface area contributed by atoms with Crippen molar-refractivity contribution in [1.82, 2.24) is 10.2 Å². The van der Waals surface area contributed by atoms with E-state index in [1.165, 1.54) is 6.07 Å². The molecular formula is C13H20N4O3. The van der Waals surface area contributed by atoms with Gasteiger partial charge in [-0.1, -0.05) is 19.1 Å². The highest BCUT2D eigenvalue weighted by Crippen LogP contribution is 2.25. The zero-order valence-electron chi connectivity index (χ0n) is 11.8. The number of para-hydroxylation sites is 1. The van der Waals surface area contributed by atoms with Crippen LogP contribution in [0.15, 0.2) is 18.2 Å². The van der Waals surface area contributed by atoms with Crippen molar-refractivity contribution in [2.45, 2.75) is 19.9 Å². The quantitative estimate of drug-likeness (QED) is 0.443. The smallest absolute Gasteiger partial charge is 0.292 e. The maximum Gasteiger partial charge on any atom is 0.292 e. The molecule has 20 heavy (non-hydrogen) atoms. The number of benzene rings is 1. The van der Waals surface area contributed by atoms with E-state index < -0.39 is 4.92 Å². The summed E-state index contributed by atoms with van der Waals surface area (Å²) in [7, 11) is 1.77. The molecule has 7 nitrogen and oxygen atoms in total. The monoisotopic (exact) mass is 280 g/mol. The topological polar surface area (TPSA) is 102 Å². The minimum atomic E-state index is -0.507. The van der Waals surface area contributed by atoms with Crippen LogP contribution in [-0.2, 0) is 11.3 Å². The lowest BCUT2D eigenvalue weighted by Gasteiger charge is -2.17. The summed E-state index contributed by atoms with van der Waals surface area (Å²) in [6.45, 7) is 3.23. The van der Waals surface area contributed by atoms with Crippen LogP contribution in [0.2, 0.25) is 0 Å². The fourth-order valence-electron chi connectivity index (χ4n) is 1.81. The number of nitro groups is 1. The van der Waals surface area contributed by atoms with Crippen molar-refractivity contribution in [1.29, 1.82) is 0 Å². The number of nitrogens with two attached hydrogens (primary N) is 1. The SMILES string of the molecule is CCCNC(=O)CN(C)Cc1cccc([N+](=O)[O-])c1N. The molecular weight excluding hydrogens is 260 g/mol. The van der Waals surface area contributed by atoms with Gasteiger partial charge in [0, 0.05) is 19.2 Å². The van der Waals surface area contributed by atoms with E-state index in [0.717, 1.165) is 6.42 Å². The number of nitro benzene ring substituents is 1. The first-order valence-corrected chi connectivity index (χ1v) is 6.42. The summed E-state index contributed by atoms with van der Waals surface area (Å²) in [5.41, 5.74) is 6.46. The van der Waals surface area contributed by atoms with E-state index in [0.29, 0.717) is 18.7 Å². The van der Waals surface area contributed by atoms with Crippen LogP contribution in [0.4, 0.5) is 11.4 Å². The molecule has 1 aromatic carbocycles. The molecule has 0 bridgehead atoms. The number of anilines is 1. The van der Waals surface area contributed by atoms with Gasteiger partial charge < -0.3 is 11.1 Å². The summed E-state index contributed by atoms with van der Waals surface area (Å²) < 4.78 is 0. The third kappa shape index (κ3) is 4.51. The first-order valence-electron chi connectivity index (χ1n) is 6.42. The van der Waals surface area contributed by atoms with Crippen LogP contribution in [-0.4, -0.2) is 35.9 Å². The molecule has 0 aliphatic rings. The lowest BCUT2D eigenvalue weighted by Crippen LogP contribution is -2.35. The van der Waals surface area contributed by atoms with Crippen molar-refractivity contribution in [2.24, 2.45) is 0 Å². The minimum Gasteiger partial charge on any atom is -0.393 e. The van der Waals surface area contributed by atoms with E-state index >= 15 is 0 Å². The third-order valence-electron chi connectivity index (χ3n) is 2.80. The number of likely N-dealkylation sites (N-methyl/N-ethyl adjacent to an activating group) is 1. The average molecular weight is 280 g/mol. The van der Waals surface area contributed by atoms with Crippen molar-refractivity contribution < 1.29 is 9.72 Å². The highest BCUT2D eigenvalue weighted by molar-refractivity contribution is 5.78. The highest BCUT2D eigenvalue weighted by atomic mass is 16.6. The first-order chi connectivity index (χ1) is 9.45. The molecule has 0 aromatic heterocycles. The van der Waals surface area contributed by atoms with Crippen LogP contribution in [0.5, 0.6) is 0 Å². The van der Waals surface area contributed by atoms with Gasteiger partial charge in [0.1, 0.15) is 5.69 Å².